The summed E-state index contributed by atoms with van der Waals surface area (Å²) >= 11 is 0. The Hall–Kier alpha value is -1.70. The van der Waals surface area contributed by atoms with Gasteiger partial charge in [-0.25, -0.2) is 0 Å². The van der Waals surface area contributed by atoms with Crippen molar-refractivity contribution < 1.29 is 10.2 Å². The monoisotopic (exact) mass is 254 g/mol. The Kier molecular flexibility index (Phi) is 2.15. The molecule has 98 valence electrons. The van der Waals surface area contributed by atoms with Gasteiger partial charge in [0.2, 0.25) is 0 Å². The number of rotatable bonds is 1. The van der Waals surface area contributed by atoms with Crippen molar-refractivity contribution in [1.82, 2.24) is 0 Å². The first-order valence-corrected chi connectivity index (χ1v) is 7.21. The lowest BCUT2D eigenvalue weighted by Crippen LogP contribution is -2.00. The summed E-state index contributed by atoms with van der Waals surface area (Å²) in [6.45, 7) is 2.09. The zero-order valence-corrected chi connectivity index (χ0v) is 11.1. The molecule has 2 heteroatoms. The van der Waals surface area contributed by atoms with E-state index in [1.807, 2.05) is 18.2 Å². The normalized spacial score (nSPS) is 24.1. The number of hydrogen-bond donors (Lipinski definition) is 2. The molecule has 0 spiro atoms. The number of hydrogen-bond acceptors (Lipinski definition) is 2. The molecular weight excluding hydrogens is 236 g/mol. The van der Waals surface area contributed by atoms with Gasteiger partial charge in [-0.2, -0.15) is 0 Å². The molecule has 0 amide bonds. The van der Waals surface area contributed by atoms with Crippen molar-refractivity contribution in [3.05, 3.63) is 34.9 Å². The fraction of sp³-hybridized carbons (Fsp3) is 0.412. The van der Waals surface area contributed by atoms with E-state index >= 15 is 0 Å². The van der Waals surface area contributed by atoms with Gasteiger partial charge in [0.05, 0.1) is 0 Å². The average Bonchev–Trinajstić information content (AvgIpc) is 3.04. The van der Waals surface area contributed by atoms with Crippen LogP contribution in [0.4, 0.5) is 0 Å². The highest BCUT2D eigenvalue weighted by molar-refractivity contribution is 5.98. The molecule has 19 heavy (non-hydrogen) atoms. The molecule has 2 aromatic carbocycles. The number of benzene rings is 2. The third-order valence-electron chi connectivity index (χ3n) is 5.07. The molecule has 2 aliphatic carbocycles. The Morgan fingerprint density at radius 3 is 2.42 bits per heavy atom. The molecule has 1 fully saturated rings. The van der Waals surface area contributed by atoms with Crippen LogP contribution in [0.25, 0.3) is 10.8 Å². The standard InChI is InChI=1S/C17H18O2/c1-2-9-4-3-5-12-13(9)17(19)15-11-7-6-10(8-11)14(15)16(12)18/h3-5,10-11,18-19H,2,6-8H2,1H3. The fourth-order valence-corrected chi connectivity index (χ4v) is 4.24. The number of aromatic hydroxyl groups is 2. The van der Waals surface area contributed by atoms with E-state index in [-0.39, 0.29) is 0 Å². The summed E-state index contributed by atoms with van der Waals surface area (Å²) in [6.07, 6.45) is 4.29. The van der Waals surface area contributed by atoms with Gasteiger partial charge in [-0.05, 0) is 43.1 Å². The molecule has 2 unspecified atom stereocenters. The van der Waals surface area contributed by atoms with Crippen molar-refractivity contribution in [3.63, 3.8) is 0 Å². The summed E-state index contributed by atoms with van der Waals surface area (Å²) in [6, 6.07) is 5.94. The lowest BCUT2D eigenvalue weighted by molar-refractivity contribution is 0.451. The maximum absolute atomic E-state index is 10.7. The minimum absolute atomic E-state index is 0.422. The summed E-state index contributed by atoms with van der Waals surface area (Å²) in [4.78, 5) is 0. The second-order valence-corrected chi connectivity index (χ2v) is 5.92. The number of aryl methyl sites for hydroxylation is 1. The van der Waals surface area contributed by atoms with E-state index in [9.17, 15) is 10.2 Å². The SMILES string of the molecule is CCc1cccc2c(O)c3c(c(O)c12)C1CCC3C1. The second-order valence-electron chi connectivity index (χ2n) is 5.92. The number of phenols is 2. The molecule has 0 radical (unpaired) electrons. The van der Waals surface area contributed by atoms with Crippen LogP contribution in [0.15, 0.2) is 18.2 Å². The van der Waals surface area contributed by atoms with Crippen LogP contribution in [0, 0.1) is 0 Å². The van der Waals surface area contributed by atoms with Gasteiger partial charge in [-0.3, -0.25) is 0 Å². The van der Waals surface area contributed by atoms with Crippen molar-refractivity contribution >= 4 is 10.8 Å². The van der Waals surface area contributed by atoms with Gasteiger partial charge in [0.15, 0.2) is 0 Å². The number of phenolic OH excluding ortho intramolecular Hbond substituents is 2. The lowest BCUT2D eigenvalue weighted by Gasteiger charge is -2.21. The van der Waals surface area contributed by atoms with E-state index in [0.29, 0.717) is 23.3 Å². The van der Waals surface area contributed by atoms with Crippen LogP contribution in [0.5, 0.6) is 11.5 Å². The van der Waals surface area contributed by atoms with Gasteiger partial charge in [0.1, 0.15) is 11.5 Å². The lowest BCUT2D eigenvalue weighted by atomic mass is 9.86. The van der Waals surface area contributed by atoms with Crippen molar-refractivity contribution in [1.29, 1.82) is 0 Å². The predicted molar refractivity (Wildman–Crippen MR) is 76.0 cm³/mol. The van der Waals surface area contributed by atoms with Gasteiger partial charge in [0.25, 0.3) is 0 Å². The summed E-state index contributed by atoms with van der Waals surface area (Å²) in [5, 5.41) is 23.0. The first-order valence-electron chi connectivity index (χ1n) is 7.21. The minimum Gasteiger partial charge on any atom is -0.507 e. The zero-order chi connectivity index (χ0) is 13.1. The maximum atomic E-state index is 10.7. The topological polar surface area (TPSA) is 40.5 Å². The van der Waals surface area contributed by atoms with E-state index < -0.39 is 0 Å². The van der Waals surface area contributed by atoms with Crippen molar-refractivity contribution in [3.8, 4) is 11.5 Å². The van der Waals surface area contributed by atoms with Crippen LogP contribution >= 0.6 is 0 Å². The Bertz CT molecular complexity index is 687. The highest BCUT2D eigenvalue weighted by Crippen LogP contribution is 2.60. The molecular formula is C17H18O2. The van der Waals surface area contributed by atoms with Gasteiger partial charge < -0.3 is 10.2 Å². The van der Waals surface area contributed by atoms with Gasteiger partial charge in [0, 0.05) is 21.9 Å². The molecule has 2 aliphatic rings. The largest absolute Gasteiger partial charge is 0.507 e. The van der Waals surface area contributed by atoms with E-state index in [1.54, 1.807) is 0 Å². The third kappa shape index (κ3) is 1.27. The molecule has 2 atom stereocenters. The van der Waals surface area contributed by atoms with Crippen LogP contribution in [-0.2, 0) is 6.42 Å². The molecule has 0 heterocycles. The van der Waals surface area contributed by atoms with Crippen LogP contribution in [0.2, 0.25) is 0 Å². The zero-order valence-electron chi connectivity index (χ0n) is 11.1. The van der Waals surface area contributed by atoms with Crippen LogP contribution in [0.3, 0.4) is 0 Å². The Balaban J connectivity index is 2.17. The Morgan fingerprint density at radius 1 is 1.05 bits per heavy atom. The van der Waals surface area contributed by atoms with Crippen molar-refractivity contribution in [2.45, 2.75) is 44.4 Å². The van der Waals surface area contributed by atoms with E-state index in [1.165, 1.54) is 0 Å². The van der Waals surface area contributed by atoms with Gasteiger partial charge >= 0.3 is 0 Å². The molecule has 0 aromatic heterocycles. The molecule has 4 rings (SSSR count). The molecule has 0 saturated heterocycles. The molecule has 2 bridgehead atoms. The van der Waals surface area contributed by atoms with Crippen molar-refractivity contribution in [2.75, 3.05) is 0 Å². The van der Waals surface area contributed by atoms with Crippen molar-refractivity contribution in [2.24, 2.45) is 0 Å². The van der Waals surface area contributed by atoms with E-state index in [0.717, 1.165) is 53.1 Å². The van der Waals surface area contributed by atoms with E-state index in [4.69, 9.17) is 0 Å². The van der Waals surface area contributed by atoms with Gasteiger partial charge in [-0.1, -0.05) is 25.1 Å². The summed E-state index contributed by atoms with van der Waals surface area (Å²) in [5.74, 6) is 1.78. The minimum atomic E-state index is 0.422. The molecule has 1 saturated carbocycles. The predicted octanol–water partition coefficient (Wildman–Crippen LogP) is 4.18. The van der Waals surface area contributed by atoms with E-state index in [2.05, 4.69) is 6.92 Å². The molecule has 2 N–H and O–H groups in total. The summed E-state index contributed by atoms with van der Waals surface area (Å²) in [7, 11) is 0. The highest BCUT2D eigenvalue weighted by Gasteiger charge is 2.41. The fourth-order valence-electron chi connectivity index (χ4n) is 4.24. The average molecular weight is 254 g/mol. The highest BCUT2D eigenvalue weighted by atomic mass is 16.3. The third-order valence-corrected chi connectivity index (χ3v) is 5.07. The molecule has 0 aliphatic heterocycles. The van der Waals surface area contributed by atoms with Crippen LogP contribution in [0.1, 0.15) is 54.7 Å². The molecule has 2 nitrogen and oxygen atoms in total. The maximum Gasteiger partial charge on any atom is 0.127 e. The number of fused-ring (bicyclic) bond motifs is 6. The first-order chi connectivity index (χ1) is 9.22. The second kappa shape index (κ2) is 3.66. The molecule has 2 aromatic rings. The van der Waals surface area contributed by atoms with Crippen LogP contribution in [-0.4, -0.2) is 10.2 Å². The smallest absolute Gasteiger partial charge is 0.127 e. The first kappa shape index (κ1) is 11.2. The van der Waals surface area contributed by atoms with Crippen LogP contribution < -0.4 is 0 Å². The van der Waals surface area contributed by atoms with Gasteiger partial charge in [-0.15, -0.1) is 0 Å². The Morgan fingerprint density at radius 2 is 1.74 bits per heavy atom. The summed E-state index contributed by atoms with van der Waals surface area (Å²) in [5.41, 5.74) is 3.20. The quantitative estimate of drug-likeness (QED) is 0.749. The Labute approximate surface area is 112 Å². The summed E-state index contributed by atoms with van der Waals surface area (Å²) < 4.78 is 0.